The summed E-state index contributed by atoms with van der Waals surface area (Å²) >= 11 is 0. The maximum Gasteiger partial charge on any atom is 0.224 e. The van der Waals surface area contributed by atoms with Crippen molar-refractivity contribution in [1.82, 2.24) is 21.3 Å². The fraction of sp³-hybridized carbons (Fsp3) is 0.526. The zero-order chi connectivity index (χ0) is 38.5. The van der Waals surface area contributed by atoms with Crippen molar-refractivity contribution in [1.29, 1.82) is 0 Å². The zero-order valence-corrected chi connectivity index (χ0v) is 30.8. The number of hydrogen-bond donors (Lipinski definition) is 8. The second-order valence-corrected chi connectivity index (χ2v) is 13.4. The van der Waals surface area contributed by atoms with Crippen molar-refractivity contribution in [2.24, 2.45) is 45.7 Å². The number of aliphatic imine (C=N–C) groups is 1. The Kier molecular flexibility index (Phi) is 20.0. The lowest BCUT2D eigenvalue weighted by atomic mass is 9.88. The summed E-state index contributed by atoms with van der Waals surface area (Å²) in [6.45, 7) is 4.13. The minimum absolute atomic E-state index is 0.0536. The molecule has 14 nitrogen and oxygen atoms in total. The summed E-state index contributed by atoms with van der Waals surface area (Å²) in [5, 5.41) is 11.6. The number of likely N-dealkylation sites (N-methyl/N-ethyl adjacent to an activating group) is 1. The minimum atomic E-state index is -0.986. The summed E-state index contributed by atoms with van der Waals surface area (Å²) in [6.07, 6.45) is 1.41. The third-order valence-corrected chi connectivity index (χ3v) is 8.82. The average molecular weight is 722 g/mol. The molecule has 14 heteroatoms. The number of carbonyl (C=O) groups is 5. The first-order valence-corrected chi connectivity index (χ1v) is 18.0. The summed E-state index contributed by atoms with van der Waals surface area (Å²) < 4.78 is 0. The predicted octanol–water partition coefficient (Wildman–Crippen LogP) is 0.661. The van der Waals surface area contributed by atoms with E-state index in [4.69, 9.17) is 22.9 Å². The lowest BCUT2D eigenvalue weighted by Gasteiger charge is -2.25. The third kappa shape index (κ3) is 17.1. The Morgan fingerprint density at radius 3 is 1.85 bits per heavy atom. The van der Waals surface area contributed by atoms with Crippen LogP contribution < -0.4 is 44.2 Å². The third-order valence-electron chi connectivity index (χ3n) is 8.82. The van der Waals surface area contributed by atoms with Gasteiger partial charge in [0.2, 0.25) is 11.8 Å². The van der Waals surface area contributed by atoms with Crippen LogP contribution in [-0.2, 0) is 36.8 Å². The van der Waals surface area contributed by atoms with Crippen molar-refractivity contribution in [2.45, 2.75) is 83.6 Å². The van der Waals surface area contributed by atoms with E-state index in [0.717, 1.165) is 11.1 Å². The van der Waals surface area contributed by atoms with Crippen LogP contribution in [0, 0.1) is 17.8 Å². The molecule has 0 aliphatic carbocycles. The number of nitrogens with two attached hydrogens (primary N) is 4. The summed E-state index contributed by atoms with van der Waals surface area (Å²) in [5.41, 5.74) is 23.7. The number of rotatable bonds is 26. The first-order valence-electron chi connectivity index (χ1n) is 18.0. The molecule has 0 aliphatic heterocycles. The largest absolute Gasteiger partial charge is 0.370 e. The Morgan fingerprint density at radius 1 is 0.712 bits per heavy atom. The van der Waals surface area contributed by atoms with Gasteiger partial charge in [0, 0.05) is 37.1 Å². The number of hydrogen-bond acceptors (Lipinski definition) is 10. The van der Waals surface area contributed by atoms with Crippen molar-refractivity contribution in [3.8, 4) is 0 Å². The molecule has 2 aromatic carbocycles. The van der Waals surface area contributed by atoms with Crippen LogP contribution in [0.4, 0.5) is 0 Å². The van der Waals surface area contributed by atoms with Crippen molar-refractivity contribution in [2.75, 3.05) is 26.7 Å². The molecule has 52 heavy (non-hydrogen) atoms. The highest BCUT2D eigenvalue weighted by Gasteiger charge is 2.32. The maximum absolute atomic E-state index is 14.1. The lowest BCUT2D eigenvalue weighted by molar-refractivity contribution is -0.134. The fourth-order valence-electron chi connectivity index (χ4n) is 5.75. The monoisotopic (exact) mass is 721 g/mol. The van der Waals surface area contributed by atoms with E-state index in [9.17, 15) is 24.0 Å². The molecule has 0 fully saturated rings. The van der Waals surface area contributed by atoms with Gasteiger partial charge in [-0.2, -0.15) is 0 Å². The average Bonchev–Trinajstić information content (AvgIpc) is 3.11. The van der Waals surface area contributed by atoms with Gasteiger partial charge in [-0.1, -0.05) is 74.5 Å². The van der Waals surface area contributed by atoms with E-state index < -0.39 is 42.0 Å². The van der Waals surface area contributed by atoms with Crippen LogP contribution in [0.25, 0.3) is 0 Å². The van der Waals surface area contributed by atoms with Gasteiger partial charge in [-0.3, -0.25) is 34.3 Å². The number of nitrogens with zero attached hydrogens (tertiary/aromatic N) is 1. The first-order chi connectivity index (χ1) is 24.8. The van der Waals surface area contributed by atoms with E-state index >= 15 is 0 Å². The van der Waals surface area contributed by atoms with E-state index in [1.54, 1.807) is 20.9 Å². The second-order valence-electron chi connectivity index (χ2n) is 13.4. The molecule has 4 atom stereocenters. The van der Waals surface area contributed by atoms with Gasteiger partial charge < -0.3 is 38.9 Å². The highest BCUT2D eigenvalue weighted by atomic mass is 16.2. The van der Waals surface area contributed by atoms with Gasteiger partial charge in [0.1, 0.15) is 6.29 Å². The number of carbonyl (C=O) groups excluding carboxylic acids is 5. The van der Waals surface area contributed by atoms with Gasteiger partial charge in [0.15, 0.2) is 23.3 Å². The smallest absolute Gasteiger partial charge is 0.224 e. The Morgan fingerprint density at radius 2 is 1.29 bits per heavy atom. The molecule has 0 heterocycles. The number of Topliss-reactive ketones (excluding diaryl/α,β-unsaturated/α-hetero) is 3. The molecule has 0 radical (unpaired) electrons. The highest BCUT2D eigenvalue weighted by molar-refractivity contribution is 5.95. The number of ketones is 3. The van der Waals surface area contributed by atoms with Crippen LogP contribution in [0.2, 0.25) is 0 Å². The topological polar surface area (TPSA) is 250 Å². The fourth-order valence-corrected chi connectivity index (χ4v) is 5.75. The minimum Gasteiger partial charge on any atom is -0.370 e. The van der Waals surface area contributed by atoms with Gasteiger partial charge in [0.05, 0.1) is 18.6 Å². The molecule has 4 unspecified atom stereocenters. The van der Waals surface area contributed by atoms with Crippen molar-refractivity contribution in [3.05, 3.63) is 71.8 Å². The predicted molar refractivity (Wildman–Crippen MR) is 203 cm³/mol. The van der Waals surface area contributed by atoms with Gasteiger partial charge in [-0.05, 0) is 63.2 Å². The Hall–Kier alpha value is -4.50. The molecule has 0 aromatic heterocycles. The second kappa shape index (κ2) is 23.9. The van der Waals surface area contributed by atoms with Crippen LogP contribution in [0.5, 0.6) is 0 Å². The molecule has 0 saturated heterocycles. The van der Waals surface area contributed by atoms with E-state index in [2.05, 4.69) is 26.3 Å². The Bertz CT molecular complexity index is 1430. The Balaban J connectivity index is 2.34. The van der Waals surface area contributed by atoms with Crippen molar-refractivity contribution >= 4 is 35.1 Å². The van der Waals surface area contributed by atoms with Crippen LogP contribution in [0.15, 0.2) is 65.7 Å². The molecular weight excluding hydrogens is 662 g/mol. The van der Waals surface area contributed by atoms with E-state index in [1.807, 2.05) is 60.7 Å². The first kappa shape index (κ1) is 43.7. The molecule has 12 N–H and O–H groups in total. The van der Waals surface area contributed by atoms with Crippen LogP contribution >= 0.6 is 0 Å². The summed E-state index contributed by atoms with van der Waals surface area (Å²) in [5.74, 6) is -3.40. The quantitative estimate of drug-likeness (QED) is 0.0290. The molecule has 0 saturated carbocycles. The van der Waals surface area contributed by atoms with Crippen LogP contribution in [0.1, 0.15) is 63.5 Å². The maximum atomic E-state index is 14.1. The molecule has 2 rings (SSSR count). The van der Waals surface area contributed by atoms with Gasteiger partial charge in [0.25, 0.3) is 0 Å². The normalized spacial score (nSPS) is 13.5. The number of amides is 2. The molecule has 2 aromatic rings. The number of benzene rings is 2. The SMILES string of the molecule is CNC(CCCNC(N)N)C(=O)CC(Cc1ccccc1)C(=O)NC(Cc1ccccc1)C(=O)CC(CCCN=C(N)N)C(=O)NCC(=O)C(C)C. The standard InChI is InChI=1S/C38H59N9O5/c1-25(2)34(50)24-46-35(51)28(16-10-18-44-37(39)40)22-33(49)31(21-27-14-8-5-9-15-27)47-36(52)29(20-26-12-6-4-7-13-26)23-32(48)30(43-3)17-11-19-45-38(41)42/h4-9,12-15,25,28-31,38,43,45H,10-11,16-24,41-42H2,1-3H3,(H,46,51)(H,47,52)(H4,39,40,44). The highest BCUT2D eigenvalue weighted by Crippen LogP contribution is 2.19. The molecule has 286 valence electrons. The number of nitrogens with one attached hydrogen (secondary N) is 4. The summed E-state index contributed by atoms with van der Waals surface area (Å²) in [7, 11) is 1.70. The van der Waals surface area contributed by atoms with Crippen LogP contribution in [0.3, 0.4) is 0 Å². The van der Waals surface area contributed by atoms with E-state index in [-0.39, 0.29) is 74.4 Å². The van der Waals surface area contributed by atoms with E-state index in [1.165, 1.54) is 0 Å². The van der Waals surface area contributed by atoms with Crippen molar-refractivity contribution < 1.29 is 24.0 Å². The molecule has 0 aliphatic rings. The van der Waals surface area contributed by atoms with Crippen LogP contribution in [-0.4, -0.2) is 80.2 Å². The Labute approximate surface area is 307 Å². The number of guanidine groups is 1. The zero-order valence-electron chi connectivity index (χ0n) is 30.8. The summed E-state index contributed by atoms with van der Waals surface area (Å²) in [4.78, 5) is 71.4. The molecule has 0 bridgehead atoms. The summed E-state index contributed by atoms with van der Waals surface area (Å²) in [6, 6.07) is 17.2. The molecule has 2 amide bonds. The van der Waals surface area contributed by atoms with Crippen molar-refractivity contribution in [3.63, 3.8) is 0 Å². The molecule has 0 spiro atoms. The van der Waals surface area contributed by atoms with Gasteiger partial charge in [-0.25, -0.2) is 0 Å². The lowest BCUT2D eigenvalue weighted by Crippen LogP contribution is -2.48. The van der Waals surface area contributed by atoms with E-state index in [0.29, 0.717) is 25.8 Å². The van der Waals surface area contributed by atoms with Gasteiger partial charge >= 0.3 is 0 Å². The van der Waals surface area contributed by atoms with Gasteiger partial charge in [-0.15, -0.1) is 0 Å². The molecular formula is C38H59N9O5.